The first-order valence-corrected chi connectivity index (χ1v) is 8.65. The Morgan fingerprint density at radius 2 is 1.69 bits per heavy atom. The molecule has 2 amide bonds. The van der Waals surface area contributed by atoms with Crippen LogP contribution in [-0.4, -0.2) is 43.5 Å². The normalized spacial score (nSPS) is 10.0. The van der Waals surface area contributed by atoms with Crippen molar-refractivity contribution in [1.29, 1.82) is 0 Å². The summed E-state index contributed by atoms with van der Waals surface area (Å²) in [5, 5.41) is 4.77. The number of ether oxygens (including phenoxy) is 2. The molecule has 0 atom stereocenters. The lowest BCUT2D eigenvalue weighted by atomic mass is 10.2. The van der Waals surface area contributed by atoms with E-state index in [0.29, 0.717) is 11.3 Å². The highest BCUT2D eigenvalue weighted by atomic mass is 19.1. The molecule has 8 nitrogen and oxygen atoms in total. The van der Waals surface area contributed by atoms with Gasteiger partial charge < -0.3 is 20.1 Å². The molecule has 0 aliphatic heterocycles. The predicted octanol–water partition coefficient (Wildman–Crippen LogP) is 1.91. The van der Waals surface area contributed by atoms with Gasteiger partial charge in [0.1, 0.15) is 12.4 Å². The number of benzene rings is 2. The zero-order valence-electron chi connectivity index (χ0n) is 15.6. The van der Waals surface area contributed by atoms with Gasteiger partial charge in [0, 0.05) is 11.3 Å². The molecular formula is C20H19FN2O6. The Morgan fingerprint density at radius 3 is 2.34 bits per heavy atom. The van der Waals surface area contributed by atoms with Gasteiger partial charge in [-0.25, -0.2) is 9.18 Å². The third-order valence-electron chi connectivity index (χ3n) is 3.52. The summed E-state index contributed by atoms with van der Waals surface area (Å²) < 4.78 is 22.7. The van der Waals surface area contributed by atoms with Crippen LogP contribution in [0.1, 0.15) is 27.6 Å². The van der Waals surface area contributed by atoms with Crippen LogP contribution in [0.15, 0.2) is 48.5 Å². The molecule has 0 aliphatic rings. The maximum Gasteiger partial charge on any atom is 0.338 e. The number of nitrogens with one attached hydrogen (secondary N) is 2. The number of carbonyl (C=O) groups excluding carboxylic acids is 4. The molecular weight excluding hydrogens is 383 g/mol. The van der Waals surface area contributed by atoms with Crippen molar-refractivity contribution in [2.24, 2.45) is 0 Å². The highest BCUT2D eigenvalue weighted by molar-refractivity contribution is 5.97. The lowest BCUT2D eigenvalue weighted by molar-refractivity contribution is -0.146. The molecule has 0 fully saturated rings. The molecule has 0 radical (unpaired) electrons. The zero-order valence-corrected chi connectivity index (χ0v) is 15.6. The van der Waals surface area contributed by atoms with Crippen molar-refractivity contribution in [3.63, 3.8) is 0 Å². The third kappa shape index (κ3) is 7.06. The Balaban J connectivity index is 1.73. The number of hydrogen-bond donors (Lipinski definition) is 2. The first-order valence-electron chi connectivity index (χ1n) is 8.65. The second-order valence-electron chi connectivity index (χ2n) is 5.70. The first-order chi connectivity index (χ1) is 13.9. The standard InChI is InChI=1S/C20H19FN2O6/c1-2-28-20(27)13-6-8-16(9-7-13)23-17(24)12-29-18(25)11-22-19(26)14-4-3-5-15(21)10-14/h3-10H,2,11-12H2,1H3,(H,22,26)(H,23,24). The van der Waals surface area contributed by atoms with Crippen LogP contribution in [0.4, 0.5) is 10.1 Å². The van der Waals surface area contributed by atoms with Gasteiger partial charge in [0.25, 0.3) is 11.8 Å². The second kappa shape index (κ2) is 10.5. The van der Waals surface area contributed by atoms with Crippen LogP contribution >= 0.6 is 0 Å². The molecule has 0 heterocycles. The van der Waals surface area contributed by atoms with Crippen molar-refractivity contribution in [2.45, 2.75) is 6.92 Å². The Labute approximate surface area is 166 Å². The van der Waals surface area contributed by atoms with E-state index in [-0.39, 0.29) is 12.2 Å². The van der Waals surface area contributed by atoms with Crippen LogP contribution in [0, 0.1) is 5.82 Å². The van der Waals surface area contributed by atoms with E-state index in [1.165, 1.54) is 42.5 Å². The van der Waals surface area contributed by atoms with Crippen LogP contribution in [0.3, 0.4) is 0 Å². The van der Waals surface area contributed by atoms with Crippen LogP contribution in [0.2, 0.25) is 0 Å². The van der Waals surface area contributed by atoms with Crippen molar-refractivity contribution in [1.82, 2.24) is 5.32 Å². The fraction of sp³-hybridized carbons (Fsp3) is 0.200. The van der Waals surface area contributed by atoms with Crippen molar-refractivity contribution in [3.8, 4) is 0 Å². The number of esters is 2. The quantitative estimate of drug-likeness (QED) is 0.653. The largest absolute Gasteiger partial charge is 0.462 e. The second-order valence-corrected chi connectivity index (χ2v) is 5.70. The Bertz CT molecular complexity index is 898. The van der Waals surface area contributed by atoms with E-state index >= 15 is 0 Å². The number of amides is 2. The maximum absolute atomic E-state index is 13.1. The molecule has 9 heteroatoms. The summed E-state index contributed by atoms with van der Waals surface area (Å²) in [5.74, 6) is -3.12. The molecule has 2 rings (SSSR count). The summed E-state index contributed by atoms with van der Waals surface area (Å²) in [7, 11) is 0. The molecule has 0 aliphatic carbocycles. The van der Waals surface area contributed by atoms with Crippen molar-refractivity contribution < 1.29 is 33.0 Å². The van der Waals surface area contributed by atoms with E-state index in [4.69, 9.17) is 9.47 Å². The van der Waals surface area contributed by atoms with E-state index in [2.05, 4.69) is 10.6 Å². The Morgan fingerprint density at radius 1 is 0.966 bits per heavy atom. The molecule has 0 aromatic heterocycles. The minimum absolute atomic E-state index is 0.0572. The molecule has 2 aromatic carbocycles. The van der Waals surface area contributed by atoms with Crippen LogP contribution < -0.4 is 10.6 Å². The number of anilines is 1. The minimum atomic E-state index is -0.831. The van der Waals surface area contributed by atoms with Crippen molar-refractivity contribution in [3.05, 3.63) is 65.5 Å². The van der Waals surface area contributed by atoms with Gasteiger partial charge in [-0.2, -0.15) is 0 Å². The van der Waals surface area contributed by atoms with Crippen LogP contribution in [0.25, 0.3) is 0 Å². The van der Waals surface area contributed by atoms with Crippen molar-refractivity contribution in [2.75, 3.05) is 25.1 Å². The predicted molar refractivity (Wildman–Crippen MR) is 101 cm³/mol. The summed E-state index contributed by atoms with van der Waals surface area (Å²) in [6, 6.07) is 11.0. The van der Waals surface area contributed by atoms with E-state index in [1.54, 1.807) is 6.92 Å². The lowest BCUT2D eigenvalue weighted by Crippen LogP contribution is -2.32. The molecule has 152 valence electrons. The summed E-state index contributed by atoms with van der Waals surface area (Å²) in [6.45, 7) is 0.914. The van der Waals surface area contributed by atoms with Gasteiger partial charge in [-0.05, 0) is 49.4 Å². The van der Waals surface area contributed by atoms with Gasteiger partial charge in [0.15, 0.2) is 6.61 Å². The number of rotatable bonds is 8. The van der Waals surface area contributed by atoms with E-state index < -0.39 is 42.7 Å². The fourth-order valence-electron chi connectivity index (χ4n) is 2.18. The number of hydrogen-bond acceptors (Lipinski definition) is 6. The van der Waals surface area contributed by atoms with Gasteiger partial charge in [0.05, 0.1) is 12.2 Å². The number of halogens is 1. The zero-order chi connectivity index (χ0) is 21.2. The van der Waals surface area contributed by atoms with Gasteiger partial charge in [-0.15, -0.1) is 0 Å². The molecule has 0 bridgehead atoms. The molecule has 2 N–H and O–H groups in total. The lowest BCUT2D eigenvalue weighted by Gasteiger charge is -2.08. The highest BCUT2D eigenvalue weighted by Gasteiger charge is 2.12. The highest BCUT2D eigenvalue weighted by Crippen LogP contribution is 2.10. The van der Waals surface area contributed by atoms with Crippen molar-refractivity contribution >= 4 is 29.4 Å². The fourth-order valence-corrected chi connectivity index (χ4v) is 2.18. The summed E-state index contributed by atoms with van der Waals surface area (Å²) in [6.07, 6.45) is 0. The first kappa shape index (κ1) is 21.5. The Kier molecular flexibility index (Phi) is 7.84. The monoisotopic (exact) mass is 402 g/mol. The van der Waals surface area contributed by atoms with Gasteiger partial charge in [0.2, 0.25) is 0 Å². The molecule has 2 aromatic rings. The van der Waals surface area contributed by atoms with Crippen LogP contribution in [-0.2, 0) is 19.1 Å². The molecule has 29 heavy (non-hydrogen) atoms. The SMILES string of the molecule is CCOC(=O)c1ccc(NC(=O)COC(=O)CNC(=O)c2cccc(F)c2)cc1. The minimum Gasteiger partial charge on any atom is -0.462 e. The average Bonchev–Trinajstić information content (AvgIpc) is 2.71. The van der Waals surface area contributed by atoms with Gasteiger partial charge >= 0.3 is 11.9 Å². The summed E-state index contributed by atoms with van der Waals surface area (Å²) in [4.78, 5) is 46.8. The van der Waals surface area contributed by atoms with E-state index in [1.807, 2.05) is 0 Å². The Hall–Kier alpha value is -3.75. The van der Waals surface area contributed by atoms with Gasteiger partial charge in [-0.3, -0.25) is 14.4 Å². The van der Waals surface area contributed by atoms with Gasteiger partial charge in [-0.1, -0.05) is 6.07 Å². The smallest absolute Gasteiger partial charge is 0.338 e. The van der Waals surface area contributed by atoms with E-state index in [0.717, 1.165) is 6.07 Å². The topological polar surface area (TPSA) is 111 Å². The molecule has 0 spiro atoms. The summed E-state index contributed by atoms with van der Waals surface area (Å²) >= 11 is 0. The molecule has 0 saturated heterocycles. The maximum atomic E-state index is 13.1. The average molecular weight is 402 g/mol. The summed E-state index contributed by atoms with van der Waals surface area (Å²) in [5.41, 5.74) is 0.797. The van der Waals surface area contributed by atoms with Crippen LogP contribution in [0.5, 0.6) is 0 Å². The molecule has 0 saturated carbocycles. The number of carbonyl (C=O) groups is 4. The third-order valence-corrected chi connectivity index (χ3v) is 3.52. The molecule has 0 unspecified atom stereocenters. The van der Waals surface area contributed by atoms with E-state index in [9.17, 15) is 23.6 Å².